The van der Waals surface area contributed by atoms with Crippen LogP contribution in [0, 0.1) is 0 Å². The number of benzene rings is 2. The summed E-state index contributed by atoms with van der Waals surface area (Å²) in [5, 5.41) is 0. The molecule has 0 fully saturated rings. The number of ether oxygens (including phenoxy) is 1. The van der Waals surface area contributed by atoms with Crippen LogP contribution >= 0.6 is 0 Å². The summed E-state index contributed by atoms with van der Waals surface area (Å²) < 4.78 is 6.20. The monoisotopic (exact) mass is 416 g/mol. The van der Waals surface area contributed by atoms with Gasteiger partial charge in [-0.25, -0.2) is 0 Å². The van der Waals surface area contributed by atoms with Gasteiger partial charge in [0.05, 0.1) is 5.56 Å². The lowest BCUT2D eigenvalue weighted by Gasteiger charge is -2.22. The van der Waals surface area contributed by atoms with Crippen LogP contribution < -0.4 is 4.74 Å². The van der Waals surface area contributed by atoms with Gasteiger partial charge in [0, 0.05) is 16.7 Å². The van der Waals surface area contributed by atoms with E-state index in [0.717, 1.165) is 37.7 Å². The van der Waals surface area contributed by atoms with Crippen molar-refractivity contribution in [2.75, 3.05) is 6.61 Å². The van der Waals surface area contributed by atoms with E-state index in [1.165, 1.54) is 11.1 Å². The molecule has 31 heavy (non-hydrogen) atoms. The molecule has 3 rings (SSSR count). The van der Waals surface area contributed by atoms with Crippen LogP contribution in [0.4, 0.5) is 0 Å². The molecule has 0 N–H and O–H groups in total. The van der Waals surface area contributed by atoms with Crippen LogP contribution in [0.25, 0.3) is 0 Å². The van der Waals surface area contributed by atoms with E-state index in [1.807, 2.05) is 6.07 Å². The molecule has 3 nitrogen and oxygen atoms in total. The Kier molecular flexibility index (Phi) is 7.62. The van der Waals surface area contributed by atoms with Gasteiger partial charge < -0.3 is 4.74 Å². The van der Waals surface area contributed by atoms with E-state index < -0.39 is 0 Å². The van der Waals surface area contributed by atoms with E-state index in [-0.39, 0.29) is 11.6 Å². The molecule has 0 atom stereocenters. The lowest BCUT2D eigenvalue weighted by Crippen LogP contribution is -2.22. The lowest BCUT2D eigenvalue weighted by atomic mass is 9.82. The van der Waals surface area contributed by atoms with E-state index in [1.54, 1.807) is 30.3 Å². The summed E-state index contributed by atoms with van der Waals surface area (Å²) in [4.78, 5) is 26.4. The van der Waals surface area contributed by atoms with Gasteiger partial charge in [0.2, 0.25) is 0 Å². The minimum absolute atomic E-state index is 0.106. The van der Waals surface area contributed by atoms with E-state index in [2.05, 4.69) is 39.8 Å². The number of carbonyl (C=O) groups excluding carboxylic acids is 2. The molecule has 0 aromatic heterocycles. The van der Waals surface area contributed by atoms with E-state index in [9.17, 15) is 9.59 Å². The van der Waals surface area contributed by atoms with Crippen molar-refractivity contribution in [3.63, 3.8) is 0 Å². The zero-order valence-corrected chi connectivity index (χ0v) is 19.1. The Bertz CT molecular complexity index is 1040. The van der Waals surface area contributed by atoms with E-state index in [4.69, 9.17) is 4.74 Å². The maximum absolute atomic E-state index is 13.3. The number of carbonyl (C=O) groups is 2. The van der Waals surface area contributed by atoms with Crippen LogP contribution in [0.5, 0.6) is 5.75 Å². The molecular weight excluding hydrogens is 384 g/mol. The number of unbranched alkanes of at least 4 members (excludes halogenated alkanes) is 1. The van der Waals surface area contributed by atoms with Crippen LogP contribution in [-0.4, -0.2) is 18.2 Å². The molecule has 0 bridgehead atoms. The molecule has 0 saturated carbocycles. The predicted octanol–water partition coefficient (Wildman–Crippen LogP) is 6.88. The van der Waals surface area contributed by atoms with Gasteiger partial charge in [0.1, 0.15) is 12.4 Å². The predicted molar refractivity (Wildman–Crippen MR) is 126 cm³/mol. The Morgan fingerprint density at radius 1 is 0.903 bits per heavy atom. The first-order valence-electron chi connectivity index (χ1n) is 11.2. The first-order valence-corrected chi connectivity index (χ1v) is 11.2. The number of hydrogen-bond donors (Lipinski definition) is 0. The molecule has 2 aromatic carbocycles. The number of rotatable bonds is 9. The number of fused-ring (bicyclic) bond motifs is 2. The quantitative estimate of drug-likeness (QED) is 0.357. The molecule has 0 unspecified atom stereocenters. The Balaban J connectivity index is 1.92. The Hall–Kier alpha value is -2.94. The average Bonchev–Trinajstić information content (AvgIpc) is 2.76. The molecule has 1 aliphatic rings. The molecule has 0 aliphatic heterocycles. The molecule has 0 amide bonds. The molecule has 1 aliphatic carbocycles. The van der Waals surface area contributed by atoms with Gasteiger partial charge in [-0.15, -0.1) is 0 Å². The largest absolute Gasteiger partial charge is 0.488 e. The third-order valence-electron chi connectivity index (χ3n) is 5.68. The third-order valence-corrected chi connectivity index (χ3v) is 5.68. The number of allylic oxidation sites excluding steroid dienone is 3. The van der Waals surface area contributed by atoms with Crippen molar-refractivity contribution < 1.29 is 14.3 Å². The smallest absolute Gasteiger partial charge is 0.198 e. The van der Waals surface area contributed by atoms with Gasteiger partial charge in [0.15, 0.2) is 11.6 Å². The van der Waals surface area contributed by atoms with Gasteiger partial charge in [-0.3, -0.25) is 9.59 Å². The topological polar surface area (TPSA) is 43.4 Å². The second-order valence-corrected chi connectivity index (χ2v) is 8.47. The average molecular weight is 417 g/mol. The summed E-state index contributed by atoms with van der Waals surface area (Å²) in [5.74, 6) is 0.348. The summed E-state index contributed by atoms with van der Waals surface area (Å²) in [5.41, 5.74) is 5.38. The van der Waals surface area contributed by atoms with Crippen LogP contribution in [-0.2, 0) is 6.42 Å². The Labute approximate surface area is 185 Å². The Morgan fingerprint density at radius 2 is 1.61 bits per heavy atom. The van der Waals surface area contributed by atoms with Crippen molar-refractivity contribution in [1.82, 2.24) is 0 Å². The molecule has 0 saturated heterocycles. The minimum atomic E-state index is -0.122. The Morgan fingerprint density at radius 3 is 2.29 bits per heavy atom. The summed E-state index contributed by atoms with van der Waals surface area (Å²) in [7, 11) is 0. The summed E-state index contributed by atoms with van der Waals surface area (Å²) >= 11 is 0. The van der Waals surface area contributed by atoms with Crippen molar-refractivity contribution in [2.24, 2.45) is 0 Å². The third kappa shape index (κ3) is 5.22. The first kappa shape index (κ1) is 22.7. The summed E-state index contributed by atoms with van der Waals surface area (Å²) in [6.45, 7) is 8.84. The molecule has 2 aromatic rings. The highest BCUT2D eigenvalue weighted by molar-refractivity contribution is 6.29. The van der Waals surface area contributed by atoms with Crippen LogP contribution in [0.2, 0.25) is 0 Å². The molecule has 3 heteroatoms. The zero-order valence-electron chi connectivity index (χ0n) is 19.1. The van der Waals surface area contributed by atoms with Crippen molar-refractivity contribution in [2.45, 2.75) is 59.8 Å². The fourth-order valence-corrected chi connectivity index (χ4v) is 3.89. The van der Waals surface area contributed by atoms with Crippen molar-refractivity contribution in [3.05, 3.63) is 87.5 Å². The first-order chi connectivity index (χ1) is 14.9. The lowest BCUT2D eigenvalue weighted by molar-refractivity contribution is 0.0976. The maximum Gasteiger partial charge on any atom is 0.198 e. The van der Waals surface area contributed by atoms with Crippen molar-refractivity contribution >= 4 is 11.6 Å². The molecule has 0 spiro atoms. The normalized spacial score (nSPS) is 13.0. The number of ketones is 2. The van der Waals surface area contributed by atoms with Gasteiger partial charge in [-0.1, -0.05) is 60.9 Å². The maximum atomic E-state index is 13.3. The van der Waals surface area contributed by atoms with Crippen LogP contribution in [0.1, 0.15) is 90.8 Å². The van der Waals surface area contributed by atoms with Gasteiger partial charge in [-0.05, 0) is 64.2 Å². The van der Waals surface area contributed by atoms with Crippen molar-refractivity contribution in [1.29, 1.82) is 0 Å². The molecular formula is C28H32O3. The highest BCUT2D eigenvalue weighted by atomic mass is 16.5. The second-order valence-electron chi connectivity index (χ2n) is 8.47. The zero-order chi connectivity index (χ0) is 22.4. The van der Waals surface area contributed by atoms with E-state index >= 15 is 0 Å². The molecule has 162 valence electrons. The van der Waals surface area contributed by atoms with Gasteiger partial charge >= 0.3 is 0 Å². The molecule has 0 heterocycles. The molecule has 0 radical (unpaired) electrons. The van der Waals surface area contributed by atoms with E-state index in [0.29, 0.717) is 34.6 Å². The van der Waals surface area contributed by atoms with Crippen LogP contribution in [0.15, 0.2) is 59.7 Å². The SMILES string of the molecule is CCCCc1ccc2c(c1OC/C=C(\C)CCC=C(C)C)C(=O)c1ccccc1C2=O. The van der Waals surface area contributed by atoms with Crippen LogP contribution in [0.3, 0.4) is 0 Å². The highest BCUT2D eigenvalue weighted by Crippen LogP contribution is 2.36. The van der Waals surface area contributed by atoms with Gasteiger partial charge in [0.25, 0.3) is 0 Å². The fraction of sp³-hybridized carbons (Fsp3) is 0.357. The highest BCUT2D eigenvalue weighted by Gasteiger charge is 2.33. The van der Waals surface area contributed by atoms with Crippen molar-refractivity contribution in [3.8, 4) is 5.75 Å². The summed E-state index contributed by atoms with van der Waals surface area (Å²) in [6.07, 6.45) is 9.18. The second kappa shape index (κ2) is 10.4. The fourth-order valence-electron chi connectivity index (χ4n) is 3.89. The minimum Gasteiger partial charge on any atom is -0.488 e. The number of hydrogen-bond acceptors (Lipinski definition) is 3. The summed E-state index contributed by atoms with van der Waals surface area (Å²) in [6, 6.07) is 10.8. The standard InChI is InChI=1S/C28H32O3/c1-5-6-12-21-15-16-24-25(27(30)23-14-8-7-13-22(23)26(24)29)28(21)31-18-17-20(4)11-9-10-19(2)3/h7-8,10,13-17H,5-6,9,11-12,18H2,1-4H3/b20-17+. The van der Waals surface area contributed by atoms with Gasteiger partial charge in [-0.2, -0.15) is 0 Å². The number of aryl methyl sites for hydroxylation is 1.